The zero-order chi connectivity index (χ0) is 10.4. The van der Waals surface area contributed by atoms with E-state index in [0.29, 0.717) is 12.8 Å². The number of nitrogens with one attached hydrogen (secondary N) is 1. The van der Waals surface area contributed by atoms with Crippen LogP contribution >= 0.6 is 12.4 Å². The van der Waals surface area contributed by atoms with E-state index < -0.39 is 23.6 Å². The van der Waals surface area contributed by atoms with Gasteiger partial charge in [-0.2, -0.15) is 13.2 Å². The van der Waals surface area contributed by atoms with Crippen molar-refractivity contribution in [3.8, 4) is 0 Å². The molecule has 90 valence electrons. The smallest absolute Gasteiger partial charge is 0.380 e. The van der Waals surface area contributed by atoms with E-state index in [1.165, 1.54) is 0 Å². The lowest BCUT2D eigenvalue weighted by Crippen LogP contribution is -2.66. The van der Waals surface area contributed by atoms with Gasteiger partial charge in [-0.15, -0.1) is 12.4 Å². The molecular weight excluding hydrogens is 231 g/mol. The van der Waals surface area contributed by atoms with Crippen molar-refractivity contribution in [2.75, 3.05) is 13.1 Å². The molecule has 0 aromatic rings. The highest BCUT2D eigenvalue weighted by Crippen LogP contribution is 2.49. The molecule has 2 fully saturated rings. The highest BCUT2D eigenvalue weighted by atomic mass is 35.5. The molecule has 1 aliphatic heterocycles. The van der Waals surface area contributed by atoms with Gasteiger partial charge in [-0.25, -0.2) is 0 Å². The third kappa shape index (κ3) is 1.85. The van der Waals surface area contributed by atoms with Crippen molar-refractivity contribution in [1.29, 1.82) is 0 Å². The predicted molar refractivity (Wildman–Crippen MR) is 52.0 cm³/mol. The molecule has 0 spiro atoms. The summed E-state index contributed by atoms with van der Waals surface area (Å²) < 4.78 is 38.3. The molecule has 2 rings (SSSR count). The van der Waals surface area contributed by atoms with E-state index in [9.17, 15) is 18.3 Å². The second kappa shape index (κ2) is 4.11. The van der Waals surface area contributed by atoms with E-state index >= 15 is 0 Å². The molecule has 1 heterocycles. The molecule has 0 aromatic heterocycles. The van der Waals surface area contributed by atoms with Gasteiger partial charge in [0, 0.05) is 24.9 Å². The third-order valence-electron chi connectivity index (χ3n) is 3.59. The minimum atomic E-state index is -4.48. The van der Waals surface area contributed by atoms with E-state index in [1.807, 2.05) is 0 Å². The van der Waals surface area contributed by atoms with Crippen LogP contribution in [0.15, 0.2) is 0 Å². The minimum Gasteiger partial charge on any atom is -0.380 e. The first kappa shape index (κ1) is 13.1. The molecule has 0 aromatic carbocycles. The van der Waals surface area contributed by atoms with Gasteiger partial charge < -0.3 is 10.4 Å². The Morgan fingerprint density at radius 2 is 1.60 bits per heavy atom. The van der Waals surface area contributed by atoms with E-state index in [2.05, 4.69) is 5.32 Å². The molecule has 1 aliphatic carbocycles. The van der Waals surface area contributed by atoms with Gasteiger partial charge in [0.05, 0.1) is 0 Å². The fourth-order valence-electron chi connectivity index (χ4n) is 2.79. The summed E-state index contributed by atoms with van der Waals surface area (Å²) in [6, 6.07) is 0. The lowest BCUT2D eigenvalue weighted by atomic mass is 9.65. The molecule has 2 atom stereocenters. The third-order valence-corrected chi connectivity index (χ3v) is 3.59. The van der Waals surface area contributed by atoms with Crippen molar-refractivity contribution in [2.24, 2.45) is 11.8 Å². The van der Waals surface area contributed by atoms with Crippen LogP contribution in [0.1, 0.15) is 19.3 Å². The number of piperidine rings is 1. The van der Waals surface area contributed by atoms with Crippen molar-refractivity contribution in [3.05, 3.63) is 0 Å². The number of fused-ring (bicyclic) bond motifs is 2. The van der Waals surface area contributed by atoms with Gasteiger partial charge in [-0.05, 0) is 12.8 Å². The van der Waals surface area contributed by atoms with Gasteiger partial charge in [0.15, 0.2) is 5.60 Å². The number of hydrogen-bond donors (Lipinski definition) is 2. The Balaban J connectivity index is 0.00000112. The van der Waals surface area contributed by atoms with Crippen LogP contribution in [0, 0.1) is 11.8 Å². The average Bonchev–Trinajstić information content (AvgIpc) is 2.00. The molecule has 15 heavy (non-hydrogen) atoms. The predicted octanol–water partition coefficient (Wildman–Crippen LogP) is 1.72. The molecule has 0 amide bonds. The summed E-state index contributed by atoms with van der Waals surface area (Å²) >= 11 is 0. The Hall–Kier alpha value is -0.0000000000000000486. The minimum absolute atomic E-state index is 0. The van der Waals surface area contributed by atoms with Gasteiger partial charge in [-0.1, -0.05) is 6.42 Å². The summed E-state index contributed by atoms with van der Waals surface area (Å²) in [5.41, 5.74) is -2.43. The Kier molecular flexibility index (Phi) is 3.58. The van der Waals surface area contributed by atoms with Crippen molar-refractivity contribution in [3.63, 3.8) is 0 Å². The van der Waals surface area contributed by atoms with Crippen molar-refractivity contribution >= 4 is 12.4 Å². The quantitative estimate of drug-likeness (QED) is 0.681. The second-order valence-corrected chi connectivity index (χ2v) is 4.31. The fraction of sp³-hybridized carbons (Fsp3) is 1.00. The van der Waals surface area contributed by atoms with Crippen LogP contribution in [0.4, 0.5) is 13.2 Å². The van der Waals surface area contributed by atoms with E-state index in [0.717, 1.165) is 6.42 Å². The standard InChI is InChI=1S/C9H14F3NO.ClH/c10-9(11,12)8(14)6-2-1-3-7(8)5-13-4-6;/h6-7,13-14H,1-5H2;1H. The number of halogens is 4. The molecule has 1 saturated carbocycles. The number of rotatable bonds is 0. The first-order valence-corrected chi connectivity index (χ1v) is 4.96. The maximum Gasteiger partial charge on any atom is 0.417 e. The van der Waals surface area contributed by atoms with Gasteiger partial charge in [-0.3, -0.25) is 0 Å². The zero-order valence-corrected chi connectivity index (χ0v) is 9.00. The van der Waals surface area contributed by atoms with Crippen LogP contribution < -0.4 is 5.32 Å². The molecular formula is C9H15ClF3NO. The first-order valence-electron chi connectivity index (χ1n) is 4.96. The molecule has 2 N–H and O–H groups in total. The molecule has 0 radical (unpaired) electrons. The molecule has 1 saturated heterocycles. The largest absolute Gasteiger partial charge is 0.417 e. The first-order chi connectivity index (χ1) is 6.46. The zero-order valence-electron chi connectivity index (χ0n) is 8.18. The maximum absolute atomic E-state index is 12.8. The van der Waals surface area contributed by atoms with Gasteiger partial charge in [0.1, 0.15) is 0 Å². The van der Waals surface area contributed by atoms with Crippen molar-refractivity contribution < 1.29 is 18.3 Å². The topological polar surface area (TPSA) is 32.3 Å². The Labute approximate surface area is 92.6 Å². The summed E-state index contributed by atoms with van der Waals surface area (Å²) in [5, 5.41) is 12.8. The molecule has 6 heteroatoms. The van der Waals surface area contributed by atoms with Crippen LogP contribution in [-0.4, -0.2) is 30.0 Å². The monoisotopic (exact) mass is 245 g/mol. The van der Waals surface area contributed by atoms with Crippen LogP contribution in [-0.2, 0) is 0 Å². The van der Waals surface area contributed by atoms with Crippen LogP contribution in [0.3, 0.4) is 0 Å². The SMILES string of the molecule is Cl.OC1(C(F)(F)F)C2CCCC1CNC2. The van der Waals surface area contributed by atoms with E-state index in [4.69, 9.17) is 0 Å². The lowest BCUT2D eigenvalue weighted by Gasteiger charge is -2.50. The average molecular weight is 246 g/mol. The fourth-order valence-corrected chi connectivity index (χ4v) is 2.79. The summed E-state index contributed by atoms with van der Waals surface area (Å²) in [6.07, 6.45) is -2.74. The Morgan fingerprint density at radius 3 is 1.93 bits per heavy atom. The number of hydrogen-bond acceptors (Lipinski definition) is 2. The number of alkyl halides is 3. The van der Waals surface area contributed by atoms with Crippen molar-refractivity contribution in [2.45, 2.75) is 31.0 Å². The van der Waals surface area contributed by atoms with Crippen LogP contribution in [0.5, 0.6) is 0 Å². The maximum atomic E-state index is 12.8. The molecule has 2 aliphatic rings. The summed E-state index contributed by atoms with van der Waals surface area (Å²) in [7, 11) is 0. The Bertz CT molecular complexity index is 212. The summed E-state index contributed by atoms with van der Waals surface area (Å²) in [6.45, 7) is 0.568. The number of aliphatic hydroxyl groups is 1. The highest BCUT2D eigenvalue weighted by Gasteiger charge is 2.64. The summed E-state index contributed by atoms with van der Waals surface area (Å²) in [4.78, 5) is 0. The molecule has 2 bridgehead atoms. The highest BCUT2D eigenvalue weighted by molar-refractivity contribution is 5.85. The van der Waals surface area contributed by atoms with Crippen LogP contribution in [0.25, 0.3) is 0 Å². The van der Waals surface area contributed by atoms with Gasteiger partial charge >= 0.3 is 6.18 Å². The van der Waals surface area contributed by atoms with Gasteiger partial charge in [0.2, 0.25) is 0 Å². The second-order valence-electron chi connectivity index (χ2n) is 4.31. The van der Waals surface area contributed by atoms with E-state index in [1.54, 1.807) is 0 Å². The van der Waals surface area contributed by atoms with E-state index in [-0.39, 0.29) is 25.5 Å². The normalized spacial score (nSPS) is 40.8. The Morgan fingerprint density at radius 1 is 1.13 bits per heavy atom. The van der Waals surface area contributed by atoms with Gasteiger partial charge in [0.25, 0.3) is 0 Å². The van der Waals surface area contributed by atoms with Crippen LogP contribution in [0.2, 0.25) is 0 Å². The van der Waals surface area contributed by atoms with Crippen molar-refractivity contribution in [1.82, 2.24) is 5.32 Å². The molecule has 2 nitrogen and oxygen atoms in total. The summed E-state index contributed by atoms with van der Waals surface area (Å²) in [5.74, 6) is -1.31. The molecule has 2 unspecified atom stereocenters. The lowest BCUT2D eigenvalue weighted by molar-refractivity contribution is -0.312.